The lowest BCUT2D eigenvalue weighted by Gasteiger charge is -2.34. The van der Waals surface area contributed by atoms with Crippen LogP contribution in [0.15, 0.2) is 150 Å². The van der Waals surface area contributed by atoms with Crippen LogP contribution < -0.4 is 0 Å². The van der Waals surface area contributed by atoms with Gasteiger partial charge in [0.15, 0.2) is 0 Å². The van der Waals surface area contributed by atoms with Gasteiger partial charge in [0.05, 0.1) is 11.0 Å². The predicted molar refractivity (Wildman–Crippen MR) is 220 cm³/mol. The van der Waals surface area contributed by atoms with Crippen LogP contribution in [0.3, 0.4) is 0 Å². The molecule has 0 radical (unpaired) electrons. The van der Waals surface area contributed by atoms with Crippen LogP contribution in [0.4, 0.5) is 0 Å². The molecule has 52 heavy (non-hydrogen) atoms. The molecule has 250 valence electrons. The summed E-state index contributed by atoms with van der Waals surface area (Å²) < 4.78 is 79.6. The van der Waals surface area contributed by atoms with Crippen molar-refractivity contribution >= 4 is 54.3 Å². The summed E-state index contributed by atoms with van der Waals surface area (Å²) in [5, 5.41) is 5.25. The molecule has 11 rings (SSSR count). The number of furan rings is 1. The Kier molecular flexibility index (Phi) is 4.94. The van der Waals surface area contributed by atoms with Gasteiger partial charge in [-0.2, -0.15) is 0 Å². The molecule has 9 aromatic rings. The molecule has 1 heterocycles. The molecule has 0 bridgehead atoms. The molecule has 1 aromatic heterocycles. The maximum Gasteiger partial charge on any atom is 0.136 e. The fraction of sp³-hybridized carbons (Fsp3) is 0.176. The van der Waals surface area contributed by atoms with Crippen molar-refractivity contribution in [3.8, 4) is 33.4 Å². The lowest BCUT2D eigenvalue weighted by Crippen LogP contribution is -2.27. The van der Waals surface area contributed by atoms with E-state index in [2.05, 4.69) is 50.2 Å². The molecule has 1 saturated carbocycles. The van der Waals surface area contributed by atoms with Crippen LogP contribution >= 0.6 is 0 Å². The van der Waals surface area contributed by atoms with Crippen LogP contribution in [0.1, 0.15) is 67.5 Å². The van der Waals surface area contributed by atoms with E-state index in [0.717, 1.165) is 63.1 Å². The van der Waals surface area contributed by atoms with Crippen molar-refractivity contribution in [3.05, 3.63) is 157 Å². The van der Waals surface area contributed by atoms with Gasteiger partial charge in [0.25, 0.3) is 0 Å². The van der Waals surface area contributed by atoms with E-state index < -0.39 is 12.1 Å². The van der Waals surface area contributed by atoms with Gasteiger partial charge >= 0.3 is 0 Å². The number of hydrogen-bond acceptors (Lipinski definition) is 1. The zero-order valence-corrected chi connectivity index (χ0v) is 29.1. The van der Waals surface area contributed by atoms with Gasteiger partial charge in [0.1, 0.15) is 11.2 Å². The van der Waals surface area contributed by atoms with Gasteiger partial charge < -0.3 is 4.42 Å². The van der Waals surface area contributed by atoms with Crippen LogP contribution in [0.25, 0.3) is 87.6 Å². The maximum atomic E-state index is 9.45. The average molecular weight is 677 g/mol. The minimum Gasteiger partial charge on any atom is -0.456 e. The normalized spacial score (nSPS) is 20.2. The summed E-state index contributed by atoms with van der Waals surface area (Å²) in [7, 11) is 0. The fourth-order valence-electron chi connectivity index (χ4n) is 9.94. The van der Waals surface area contributed by atoms with E-state index in [1.54, 1.807) is 0 Å². The molecule has 2 aliphatic rings. The minimum atomic E-state index is -0.398. The molecular formula is C51H40O. The Hall–Kier alpha value is -5.66. The Morgan fingerprint density at radius 2 is 1.17 bits per heavy atom. The molecule has 2 atom stereocenters. The van der Waals surface area contributed by atoms with Gasteiger partial charge in [-0.25, -0.2) is 0 Å². The molecule has 0 spiro atoms. The molecule has 8 aromatic carbocycles. The first-order chi connectivity index (χ1) is 28.9. The zero-order chi connectivity index (χ0) is 41.5. The highest BCUT2D eigenvalue weighted by atomic mass is 16.3. The summed E-state index contributed by atoms with van der Waals surface area (Å²) in [6.45, 7) is 4.64. The molecule has 1 heteroatoms. The maximum absolute atomic E-state index is 9.45. The van der Waals surface area contributed by atoms with Gasteiger partial charge in [-0.05, 0) is 125 Å². The number of hydrogen-bond donors (Lipinski definition) is 0. The molecule has 0 saturated heterocycles. The molecule has 0 amide bonds. The Bertz CT molecular complexity index is 3260. The quantitative estimate of drug-likeness (QED) is 0.170. The van der Waals surface area contributed by atoms with E-state index in [0.29, 0.717) is 34.1 Å². The summed E-state index contributed by atoms with van der Waals surface area (Å²) in [6.07, 6.45) is 4.56. The van der Waals surface area contributed by atoms with Gasteiger partial charge in [0, 0.05) is 10.8 Å². The second kappa shape index (κ2) is 11.2. The summed E-state index contributed by atoms with van der Waals surface area (Å²) >= 11 is 0. The molecule has 2 unspecified atom stereocenters. The highest BCUT2D eigenvalue weighted by Crippen LogP contribution is 2.57. The lowest BCUT2D eigenvalue weighted by molar-refractivity contribution is 0.233. The summed E-state index contributed by atoms with van der Waals surface area (Å²) in [5.41, 5.74) is 7.99. The summed E-state index contributed by atoms with van der Waals surface area (Å²) in [5.74, 6) is 0.847. The van der Waals surface area contributed by atoms with E-state index in [1.807, 2.05) is 60.7 Å². The van der Waals surface area contributed by atoms with Crippen LogP contribution in [-0.2, 0) is 5.41 Å². The second-order valence-electron chi connectivity index (χ2n) is 15.3. The zero-order valence-electron chi connectivity index (χ0n) is 37.1. The molecular weight excluding hydrogens is 629 g/mol. The Labute approximate surface area is 315 Å². The minimum absolute atomic E-state index is 0.0294. The standard InChI is InChI=1S/C51H40O/c1-51(2)44-18-10-9-13-37(44)42-30-35(23-26-45(42)51)49-40-16-7-5-14-38(40)48(39-15-6-8-17-41(39)49)33-21-19-31(20-22-33)34-25-27-46-43(29-34)50-36-12-4-3-11-32(36)24-28-47(50)52-46/h3-8,11-12,14-17,19-30,37,44H,9-10,13,18H2,1-2H3/i5D,6D,7D,8D,14D,15D,16D,17D. The molecule has 0 N–H and O–H groups in total. The highest BCUT2D eigenvalue weighted by molar-refractivity contribution is 6.22. The third kappa shape index (κ3) is 4.29. The van der Waals surface area contributed by atoms with Crippen molar-refractivity contribution in [2.45, 2.75) is 50.9 Å². The Morgan fingerprint density at radius 1 is 0.558 bits per heavy atom. The van der Waals surface area contributed by atoms with Crippen molar-refractivity contribution in [2.75, 3.05) is 0 Å². The topological polar surface area (TPSA) is 13.1 Å². The van der Waals surface area contributed by atoms with Crippen LogP contribution in [0.5, 0.6) is 0 Å². The van der Waals surface area contributed by atoms with Crippen molar-refractivity contribution in [3.63, 3.8) is 0 Å². The summed E-state index contributed by atoms with van der Waals surface area (Å²) in [6, 6.07) is 29.9. The fourth-order valence-corrected chi connectivity index (χ4v) is 9.94. The number of fused-ring (bicyclic) bond motifs is 10. The van der Waals surface area contributed by atoms with E-state index in [9.17, 15) is 5.48 Å². The highest BCUT2D eigenvalue weighted by Gasteiger charge is 2.46. The molecule has 1 fully saturated rings. The molecule has 1 nitrogen and oxygen atoms in total. The first-order valence-corrected chi connectivity index (χ1v) is 18.4. The van der Waals surface area contributed by atoms with E-state index >= 15 is 0 Å². The van der Waals surface area contributed by atoms with Crippen LogP contribution in [-0.4, -0.2) is 0 Å². The van der Waals surface area contributed by atoms with Crippen molar-refractivity contribution < 1.29 is 15.4 Å². The number of rotatable bonds is 3. The average Bonchev–Trinajstić information content (AvgIpc) is 3.76. The third-order valence-corrected chi connectivity index (χ3v) is 12.4. The van der Waals surface area contributed by atoms with E-state index in [-0.39, 0.29) is 63.2 Å². The van der Waals surface area contributed by atoms with Gasteiger partial charge in [0.2, 0.25) is 0 Å². The van der Waals surface area contributed by atoms with Crippen LogP contribution in [0, 0.1) is 5.92 Å². The first kappa shape index (κ1) is 23.0. The first-order valence-electron chi connectivity index (χ1n) is 22.4. The van der Waals surface area contributed by atoms with Crippen molar-refractivity contribution in [1.29, 1.82) is 0 Å². The number of benzene rings is 8. The molecule has 0 aliphatic heterocycles. The largest absolute Gasteiger partial charge is 0.456 e. The van der Waals surface area contributed by atoms with Gasteiger partial charge in [-0.1, -0.05) is 154 Å². The van der Waals surface area contributed by atoms with E-state index in [4.69, 9.17) is 9.90 Å². The smallest absolute Gasteiger partial charge is 0.136 e. The van der Waals surface area contributed by atoms with Gasteiger partial charge in [-0.3, -0.25) is 0 Å². The Morgan fingerprint density at radius 3 is 1.92 bits per heavy atom. The lowest BCUT2D eigenvalue weighted by atomic mass is 9.70. The van der Waals surface area contributed by atoms with Crippen molar-refractivity contribution in [1.82, 2.24) is 0 Å². The van der Waals surface area contributed by atoms with Crippen molar-refractivity contribution in [2.24, 2.45) is 5.92 Å². The van der Waals surface area contributed by atoms with E-state index in [1.165, 1.54) is 17.5 Å². The summed E-state index contributed by atoms with van der Waals surface area (Å²) in [4.78, 5) is 0. The van der Waals surface area contributed by atoms with Crippen LogP contribution in [0.2, 0.25) is 0 Å². The monoisotopic (exact) mass is 676 g/mol. The second-order valence-corrected chi connectivity index (χ2v) is 15.3. The van der Waals surface area contributed by atoms with Gasteiger partial charge in [-0.15, -0.1) is 0 Å². The predicted octanol–water partition coefficient (Wildman–Crippen LogP) is 14.6. The third-order valence-electron chi connectivity index (χ3n) is 12.4. The SMILES string of the molecule is [2H]c1c([2H])c([2H])c2c(-c3ccc4c(c3)C3CCCCC3C4(C)C)c3c([2H])c([2H])c([2H])c([2H])c3c(-c3ccc(-c4ccc5oc6ccc7ccccc7c6c5c4)cc3)c2c1[2H]. The Balaban J connectivity index is 1.17. The molecule has 2 aliphatic carbocycles.